The quantitative estimate of drug-likeness (QED) is 0.430. The summed E-state index contributed by atoms with van der Waals surface area (Å²) < 4.78 is 15.6. The van der Waals surface area contributed by atoms with Crippen molar-refractivity contribution in [3.05, 3.63) is 48.9 Å². The van der Waals surface area contributed by atoms with Gasteiger partial charge in [0.15, 0.2) is 0 Å². The molecule has 0 aliphatic carbocycles. The second kappa shape index (κ2) is 20.4. The molecular weight excluding hydrogens is 822 g/mol. The normalized spacial score (nSPS) is 15.2. The van der Waals surface area contributed by atoms with Crippen molar-refractivity contribution in [1.29, 1.82) is 0 Å². The third kappa shape index (κ3) is 14.3. The molecule has 1 aromatic rings. The van der Waals surface area contributed by atoms with Crippen molar-refractivity contribution in [3.8, 4) is 0 Å². The van der Waals surface area contributed by atoms with Gasteiger partial charge in [-0.1, -0.05) is 24.3 Å². The molecule has 2 rings (SSSR count). The Bertz CT molecular complexity index is 358. The molecule has 1 aromatic carbocycles. The molecule has 0 amide bonds. The summed E-state index contributed by atoms with van der Waals surface area (Å²) >= 11 is 0. The first kappa shape index (κ1) is 29.8. The van der Waals surface area contributed by atoms with Crippen LogP contribution in [-0.4, -0.2) is 31.5 Å². The summed E-state index contributed by atoms with van der Waals surface area (Å²) in [5.74, 6) is 0. The molecule has 4 nitrogen and oxygen atoms in total. The van der Waals surface area contributed by atoms with Crippen LogP contribution in [-0.2, 0) is 90.0 Å². The molecule has 7 heteroatoms. The fourth-order valence-electron chi connectivity index (χ4n) is 1.94. The van der Waals surface area contributed by atoms with Crippen LogP contribution in [0.5, 0.6) is 0 Å². The molecule has 1 saturated heterocycles. The molecule has 1 fully saturated rings. The zero-order valence-electron chi connectivity index (χ0n) is 14.0. The van der Waals surface area contributed by atoms with Gasteiger partial charge in [0.25, 0.3) is 0 Å². The number of benzene rings is 1. The van der Waals surface area contributed by atoms with Crippen LogP contribution >= 0.6 is 0 Å². The summed E-state index contributed by atoms with van der Waals surface area (Å²) in [5.41, 5.74) is 2.07. The van der Waals surface area contributed by atoms with E-state index in [-0.39, 0.29) is 75.3 Å². The Morgan fingerprint density at radius 2 is 1.88 bits per heavy atom. The summed E-state index contributed by atoms with van der Waals surface area (Å²) in [6.07, 6.45) is 3.30. The van der Waals surface area contributed by atoms with Crippen molar-refractivity contribution < 1.29 is 81.9 Å². The number of methoxy groups -OCH3 is 1. The van der Waals surface area contributed by atoms with Crippen LogP contribution in [0.15, 0.2) is 24.3 Å². The molecule has 139 valence electrons. The Morgan fingerprint density at radius 3 is 2.29 bits per heavy atom. The van der Waals surface area contributed by atoms with Gasteiger partial charge >= 0.3 is 0 Å². The van der Waals surface area contributed by atoms with Gasteiger partial charge in [-0.3, -0.25) is 6.42 Å². The molecule has 24 heavy (non-hydrogen) atoms. The van der Waals surface area contributed by atoms with Crippen molar-refractivity contribution in [1.82, 2.24) is 0 Å². The van der Waals surface area contributed by atoms with Gasteiger partial charge in [0.1, 0.15) is 0 Å². The minimum absolute atomic E-state index is 0. The average Bonchev–Trinajstić information content (AvgIpc) is 3.03. The summed E-state index contributed by atoms with van der Waals surface area (Å²) in [4.78, 5) is 0. The number of hydrogen-bond acceptors (Lipinski definition) is 4. The molecule has 1 unspecified atom stereocenters. The number of aliphatic hydroxyl groups is 1. The second-order valence-electron chi connectivity index (χ2n) is 4.82. The Morgan fingerprint density at radius 1 is 1.25 bits per heavy atom. The van der Waals surface area contributed by atoms with Gasteiger partial charge in [-0.2, -0.15) is 0 Å². The van der Waals surface area contributed by atoms with E-state index >= 15 is 0 Å². The van der Waals surface area contributed by atoms with E-state index in [1.54, 1.807) is 13.7 Å². The fourth-order valence-corrected chi connectivity index (χ4v) is 1.94. The van der Waals surface area contributed by atoms with Crippen LogP contribution in [0.25, 0.3) is 0 Å². The first-order valence-electron chi connectivity index (χ1n) is 7.32. The molecule has 0 bridgehead atoms. The summed E-state index contributed by atoms with van der Waals surface area (Å²) in [6, 6.07) is 7.82. The molecule has 1 N–H and O–H groups in total. The Kier molecular flexibility index (Phi) is 25.4. The van der Waals surface area contributed by atoms with Crippen molar-refractivity contribution >= 4 is 0 Å². The van der Waals surface area contributed by atoms with Crippen LogP contribution in [0.3, 0.4) is 0 Å². The minimum Gasteiger partial charge on any atom is -0.557 e. The largest absolute Gasteiger partial charge is 0.557 e. The third-order valence-corrected chi connectivity index (χ3v) is 3.09. The monoisotopic (exact) mass is 849 g/mol. The number of ether oxygens (including phenoxy) is 3. The maximum atomic E-state index is 8.90. The van der Waals surface area contributed by atoms with E-state index in [4.69, 9.17) is 14.6 Å². The first-order valence-corrected chi connectivity index (χ1v) is 7.32. The fraction of sp³-hybridized carbons (Fsp3) is 0.529. The Labute approximate surface area is 188 Å². The summed E-state index contributed by atoms with van der Waals surface area (Å²) in [6.45, 7) is 7.40. The number of hydrogen-bond donors (Lipinski definition) is 1. The topological polar surface area (TPSA) is 47.9 Å². The van der Waals surface area contributed by atoms with E-state index in [2.05, 4.69) is 11.7 Å². The molecular formula is C17H26O4ReW2-2. The summed E-state index contributed by atoms with van der Waals surface area (Å²) in [5, 5.41) is 8.90. The van der Waals surface area contributed by atoms with E-state index in [0.29, 0.717) is 13.2 Å². The molecule has 1 aliphatic rings. The van der Waals surface area contributed by atoms with E-state index < -0.39 is 0 Å². The zero-order valence-corrected chi connectivity index (χ0v) is 22.6. The van der Waals surface area contributed by atoms with Gasteiger partial charge in [0, 0.05) is 69.2 Å². The van der Waals surface area contributed by atoms with Crippen LogP contribution in [0.4, 0.5) is 0 Å². The van der Waals surface area contributed by atoms with E-state index in [1.165, 1.54) is 0 Å². The van der Waals surface area contributed by atoms with Crippen LogP contribution in [0, 0.1) is 13.5 Å². The van der Waals surface area contributed by atoms with Crippen LogP contribution < -0.4 is 0 Å². The van der Waals surface area contributed by atoms with Crippen molar-refractivity contribution in [3.63, 3.8) is 0 Å². The summed E-state index contributed by atoms with van der Waals surface area (Å²) in [7, 11) is 1.62. The predicted octanol–water partition coefficient (Wildman–Crippen LogP) is 2.89. The predicted molar refractivity (Wildman–Crippen MR) is 82.3 cm³/mol. The third-order valence-electron chi connectivity index (χ3n) is 3.09. The zero-order chi connectivity index (χ0) is 15.3. The van der Waals surface area contributed by atoms with Crippen molar-refractivity contribution in [2.75, 3.05) is 20.3 Å². The van der Waals surface area contributed by atoms with Gasteiger partial charge < -0.3 is 26.2 Å². The standard InChI is InChI=1S/C13H18O3.C4H8O.Re.2W/c14-8-11-3-5-12(6-4-11)9-15-10-13-2-1-7-16-13;1-3-4-5-2;;;/h3-6,13-14H,1-2,7-10H2;4H,1,3H2,2H3;;;/q;-2;;;. The first-order chi connectivity index (χ1) is 10.3. The van der Waals surface area contributed by atoms with E-state index in [1.807, 2.05) is 24.3 Å². The van der Waals surface area contributed by atoms with Gasteiger partial charge in [0.2, 0.25) is 0 Å². The number of aliphatic hydroxyl groups excluding tert-OH is 1. The van der Waals surface area contributed by atoms with Crippen molar-refractivity contribution in [2.45, 2.75) is 38.6 Å². The van der Waals surface area contributed by atoms with Crippen LogP contribution in [0.1, 0.15) is 30.4 Å². The Balaban J connectivity index is -0.000000490. The van der Waals surface area contributed by atoms with Gasteiger partial charge in [0.05, 0.1) is 25.9 Å². The smallest absolute Gasteiger partial charge is 0.0809 e. The van der Waals surface area contributed by atoms with Gasteiger partial charge in [-0.05, 0) is 31.1 Å². The average molecular weight is 848 g/mol. The molecule has 1 atom stereocenters. The minimum atomic E-state index is 0. The molecule has 1 heterocycles. The second-order valence-corrected chi connectivity index (χ2v) is 4.82. The van der Waals surface area contributed by atoms with Crippen LogP contribution in [0.2, 0.25) is 0 Å². The van der Waals surface area contributed by atoms with E-state index in [9.17, 15) is 0 Å². The maximum absolute atomic E-state index is 8.90. The molecule has 0 saturated carbocycles. The molecule has 0 spiro atoms. The number of rotatable bonds is 7. The van der Waals surface area contributed by atoms with Gasteiger partial charge in [-0.15, -0.1) is 0 Å². The molecule has 0 aromatic heterocycles. The molecule has 1 radical (unpaired) electrons. The van der Waals surface area contributed by atoms with Crippen molar-refractivity contribution in [2.24, 2.45) is 0 Å². The van der Waals surface area contributed by atoms with E-state index in [0.717, 1.165) is 37.0 Å². The Hall–Kier alpha value is 1.10. The maximum Gasteiger partial charge on any atom is 0.0809 e. The SMILES string of the molecule is OCc1ccc(COCC2CCCO2)cc1.[CH2-]C[CH-]OC.[Re].[W].[W]. The van der Waals surface area contributed by atoms with Gasteiger partial charge in [-0.25, -0.2) is 6.61 Å². The molecule has 1 aliphatic heterocycles.